The molecule has 0 aliphatic heterocycles. The van der Waals surface area contributed by atoms with E-state index in [2.05, 4.69) is 4.74 Å². The molecule has 0 radical (unpaired) electrons. The summed E-state index contributed by atoms with van der Waals surface area (Å²) in [6.45, 7) is 6.68. The van der Waals surface area contributed by atoms with E-state index in [1.165, 1.54) is 7.11 Å². The Morgan fingerprint density at radius 1 is 1.28 bits per heavy atom. The first-order valence-electron chi connectivity index (χ1n) is 5.93. The number of hydrogen-bond acceptors (Lipinski definition) is 4. The Balaban J connectivity index is 4.62. The quantitative estimate of drug-likeness (QED) is 0.508. The van der Waals surface area contributed by atoms with Crippen molar-refractivity contribution in [1.82, 2.24) is 4.90 Å². The van der Waals surface area contributed by atoms with Gasteiger partial charge in [0.2, 0.25) is 5.91 Å². The molecular formula is C13H23NO4. The summed E-state index contributed by atoms with van der Waals surface area (Å²) in [6, 6.07) is 0. The van der Waals surface area contributed by atoms with Gasteiger partial charge in [0.15, 0.2) is 0 Å². The SMILES string of the molecule is COCCN(CC(C)C(=O)OC)C(=O)C=C(C)C. The van der Waals surface area contributed by atoms with Crippen molar-refractivity contribution >= 4 is 11.9 Å². The minimum Gasteiger partial charge on any atom is -0.469 e. The molecule has 0 rings (SSSR count). The van der Waals surface area contributed by atoms with Crippen LogP contribution in [0.1, 0.15) is 20.8 Å². The molecule has 0 fully saturated rings. The van der Waals surface area contributed by atoms with Gasteiger partial charge < -0.3 is 14.4 Å². The van der Waals surface area contributed by atoms with Crippen LogP contribution < -0.4 is 0 Å². The Labute approximate surface area is 109 Å². The molecule has 1 unspecified atom stereocenters. The number of methoxy groups -OCH3 is 2. The van der Waals surface area contributed by atoms with Crippen molar-refractivity contribution in [3.05, 3.63) is 11.6 Å². The zero-order chi connectivity index (χ0) is 14.1. The molecule has 0 saturated carbocycles. The predicted molar refractivity (Wildman–Crippen MR) is 69.1 cm³/mol. The Bertz CT molecular complexity index is 308. The van der Waals surface area contributed by atoms with Crippen LogP contribution in [-0.4, -0.2) is 50.7 Å². The average molecular weight is 257 g/mol. The van der Waals surface area contributed by atoms with Gasteiger partial charge >= 0.3 is 5.97 Å². The second kappa shape index (κ2) is 8.69. The van der Waals surface area contributed by atoms with Crippen LogP contribution in [0.2, 0.25) is 0 Å². The van der Waals surface area contributed by atoms with Crippen molar-refractivity contribution in [1.29, 1.82) is 0 Å². The van der Waals surface area contributed by atoms with Crippen molar-refractivity contribution in [2.45, 2.75) is 20.8 Å². The molecule has 0 aliphatic carbocycles. The number of nitrogens with zero attached hydrogens (tertiary/aromatic N) is 1. The van der Waals surface area contributed by atoms with E-state index in [-0.39, 0.29) is 17.8 Å². The highest BCUT2D eigenvalue weighted by molar-refractivity contribution is 5.88. The fourth-order valence-electron chi connectivity index (χ4n) is 1.44. The van der Waals surface area contributed by atoms with E-state index < -0.39 is 0 Å². The Morgan fingerprint density at radius 3 is 2.33 bits per heavy atom. The third-order valence-electron chi connectivity index (χ3n) is 2.39. The summed E-state index contributed by atoms with van der Waals surface area (Å²) in [6.07, 6.45) is 1.56. The third-order valence-corrected chi connectivity index (χ3v) is 2.39. The molecule has 5 nitrogen and oxygen atoms in total. The van der Waals surface area contributed by atoms with E-state index in [9.17, 15) is 9.59 Å². The summed E-state index contributed by atoms with van der Waals surface area (Å²) in [5, 5.41) is 0. The molecule has 0 saturated heterocycles. The van der Waals surface area contributed by atoms with Crippen LogP contribution >= 0.6 is 0 Å². The zero-order valence-electron chi connectivity index (χ0n) is 11.9. The van der Waals surface area contributed by atoms with Gasteiger partial charge in [0.05, 0.1) is 19.6 Å². The third kappa shape index (κ3) is 6.39. The number of allylic oxidation sites excluding steroid dienone is 1. The van der Waals surface area contributed by atoms with E-state index in [0.29, 0.717) is 19.7 Å². The first-order valence-corrected chi connectivity index (χ1v) is 5.93. The van der Waals surface area contributed by atoms with Crippen molar-refractivity contribution in [2.75, 3.05) is 33.9 Å². The van der Waals surface area contributed by atoms with Crippen molar-refractivity contribution in [3.63, 3.8) is 0 Å². The monoisotopic (exact) mass is 257 g/mol. The largest absolute Gasteiger partial charge is 0.469 e. The minimum atomic E-state index is -0.346. The summed E-state index contributed by atoms with van der Waals surface area (Å²) in [5.41, 5.74) is 0.924. The van der Waals surface area contributed by atoms with Gasteiger partial charge in [0.25, 0.3) is 0 Å². The summed E-state index contributed by atoms with van der Waals surface area (Å²) in [7, 11) is 2.92. The van der Waals surface area contributed by atoms with Gasteiger partial charge in [-0.2, -0.15) is 0 Å². The molecule has 0 heterocycles. The lowest BCUT2D eigenvalue weighted by atomic mass is 10.1. The van der Waals surface area contributed by atoms with Gasteiger partial charge in [0.1, 0.15) is 0 Å². The van der Waals surface area contributed by atoms with Crippen LogP contribution in [0.4, 0.5) is 0 Å². The first kappa shape index (κ1) is 16.6. The molecule has 0 aliphatic rings. The van der Waals surface area contributed by atoms with Crippen LogP contribution in [0.3, 0.4) is 0 Å². The highest BCUT2D eigenvalue weighted by Crippen LogP contribution is 2.04. The van der Waals surface area contributed by atoms with Crippen LogP contribution in [0.25, 0.3) is 0 Å². The van der Waals surface area contributed by atoms with Gasteiger partial charge in [-0.05, 0) is 13.8 Å². The van der Waals surface area contributed by atoms with Gasteiger partial charge in [-0.15, -0.1) is 0 Å². The van der Waals surface area contributed by atoms with Crippen molar-refractivity contribution in [3.8, 4) is 0 Å². The fraction of sp³-hybridized carbons (Fsp3) is 0.692. The molecule has 104 valence electrons. The second-order valence-electron chi connectivity index (χ2n) is 4.42. The van der Waals surface area contributed by atoms with E-state index in [4.69, 9.17) is 4.74 Å². The minimum absolute atomic E-state index is 0.109. The van der Waals surface area contributed by atoms with Crippen molar-refractivity contribution < 1.29 is 19.1 Å². The number of carbonyl (C=O) groups is 2. The Hall–Kier alpha value is -1.36. The molecule has 18 heavy (non-hydrogen) atoms. The maximum atomic E-state index is 11.9. The number of rotatable bonds is 7. The molecular weight excluding hydrogens is 234 g/mol. The molecule has 1 atom stereocenters. The zero-order valence-corrected chi connectivity index (χ0v) is 11.9. The summed E-state index contributed by atoms with van der Waals surface area (Å²) >= 11 is 0. The molecule has 5 heteroatoms. The lowest BCUT2D eigenvalue weighted by Crippen LogP contribution is -2.38. The highest BCUT2D eigenvalue weighted by atomic mass is 16.5. The van der Waals surface area contributed by atoms with Gasteiger partial charge in [-0.1, -0.05) is 12.5 Å². The lowest BCUT2D eigenvalue weighted by Gasteiger charge is -2.23. The van der Waals surface area contributed by atoms with Crippen LogP contribution in [0.15, 0.2) is 11.6 Å². The van der Waals surface area contributed by atoms with Crippen molar-refractivity contribution in [2.24, 2.45) is 5.92 Å². The number of esters is 1. The average Bonchev–Trinajstić information content (AvgIpc) is 2.31. The highest BCUT2D eigenvalue weighted by Gasteiger charge is 2.20. The smallest absolute Gasteiger partial charge is 0.310 e. The van der Waals surface area contributed by atoms with E-state index in [0.717, 1.165) is 5.57 Å². The fourth-order valence-corrected chi connectivity index (χ4v) is 1.44. The standard InChI is InChI=1S/C13H23NO4/c1-10(2)8-12(15)14(6-7-17-4)9-11(3)13(16)18-5/h8,11H,6-7,9H2,1-5H3. The first-order chi connectivity index (χ1) is 8.42. The molecule has 0 aromatic heterocycles. The topological polar surface area (TPSA) is 55.8 Å². The summed E-state index contributed by atoms with van der Waals surface area (Å²) in [5.74, 6) is -0.772. The normalized spacial score (nSPS) is 11.6. The van der Waals surface area contributed by atoms with Crippen LogP contribution in [0.5, 0.6) is 0 Å². The lowest BCUT2D eigenvalue weighted by molar-refractivity contribution is -0.146. The molecule has 0 bridgehead atoms. The van der Waals surface area contributed by atoms with Gasteiger partial charge in [0, 0.05) is 26.3 Å². The van der Waals surface area contributed by atoms with Gasteiger partial charge in [-0.3, -0.25) is 9.59 Å². The number of hydrogen-bond donors (Lipinski definition) is 0. The molecule has 0 aromatic rings. The van der Waals surface area contributed by atoms with Gasteiger partial charge in [-0.25, -0.2) is 0 Å². The number of amides is 1. The van der Waals surface area contributed by atoms with E-state index in [1.54, 1.807) is 25.0 Å². The summed E-state index contributed by atoms with van der Waals surface area (Å²) < 4.78 is 9.62. The van der Waals surface area contributed by atoms with Crippen LogP contribution in [-0.2, 0) is 19.1 Å². The number of ether oxygens (including phenoxy) is 2. The Morgan fingerprint density at radius 2 is 1.89 bits per heavy atom. The Kier molecular flexibility index (Phi) is 8.03. The van der Waals surface area contributed by atoms with Crippen LogP contribution in [0, 0.1) is 5.92 Å². The maximum absolute atomic E-state index is 11.9. The van der Waals surface area contributed by atoms with E-state index in [1.807, 2.05) is 13.8 Å². The van der Waals surface area contributed by atoms with E-state index >= 15 is 0 Å². The predicted octanol–water partition coefficient (Wildman–Crippen LogP) is 1.24. The summed E-state index contributed by atoms with van der Waals surface area (Å²) in [4.78, 5) is 24.9. The molecule has 1 amide bonds. The second-order valence-corrected chi connectivity index (χ2v) is 4.42. The molecule has 0 aromatic carbocycles. The number of carbonyl (C=O) groups excluding carboxylic acids is 2. The molecule has 0 N–H and O–H groups in total. The maximum Gasteiger partial charge on any atom is 0.310 e. The molecule has 0 spiro atoms.